The van der Waals surface area contributed by atoms with Crippen molar-refractivity contribution < 1.29 is 19.1 Å². The number of carbonyl (C=O) groups excluding carboxylic acids is 2. The van der Waals surface area contributed by atoms with Crippen LogP contribution in [0.15, 0.2) is 0 Å². The quantitative estimate of drug-likeness (QED) is 0.659. The van der Waals surface area contributed by atoms with Crippen LogP contribution in [0, 0.1) is 0 Å². The lowest BCUT2D eigenvalue weighted by molar-refractivity contribution is 0.0505. The minimum Gasteiger partial charge on any atom is -0.446 e. The van der Waals surface area contributed by atoms with Crippen LogP contribution in [-0.2, 0) is 9.47 Å². The zero-order valence-electron chi connectivity index (χ0n) is 12.8. The third-order valence-corrected chi connectivity index (χ3v) is 2.35. The van der Waals surface area contributed by atoms with Crippen LogP contribution in [-0.4, -0.2) is 35.8 Å². The van der Waals surface area contributed by atoms with Crippen LogP contribution >= 0.6 is 0 Å². The Labute approximate surface area is 116 Å². The molecule has 2 amide bonds. The van der Waals surface area contributed by atoms with Gasteiger partial charge in [-0.05, 0) is 34.1 Å². The van der Waals surface area contributed by atoms with Gasteiger partial charge < -0.3 is 9.47 Å². The van der Waals surface area contributed by atoms with Gasteiger partial charge >= 0.3 is 12.2 Å². The highest BCUT2D eigenvalue weighted by Gasteiger charge is 2.25. The standard InChI is InChI=1S/C14H27NO4/c1-6-7-8-9-10-15(13(16)18-11(2)3)14(17)19-12(4)5/h11-12H,6-10H2,1-5H3. The van der Waals surface area contributed by atoms with Crippen LogP contribution in [0.5, 0.6) is 0 Å². The van der Waals surface area contributed by atoms with E-state index in [1.54, 1.807) is 27.7 Å². The summed E-state index contributed by atoms with van der Waals surface area (Å²) in [7, 11) is 0. The number of rotatable bonds is 7. The summed E-state index contributed by atoms with van der Waals surface area (Å²) < 4.78 is 10.1. The molecule has 0 N–H and O–H groups in total. The number of ether oxygens (including phenoxy) is 2. The second-order valence-electron chi connectivity index (χ2n) is 5.08. The van der Waals surface area contributed by atoms with Crippen molar-refractivity contribution in [2.75, 3.05) is 6.54 Å². The summed E-state index contributed by atoms with van der Waals surface area (Å²) in [5.41, 5.74) is 0. The van der Waals surface area contributed by atoms with Gasteiger partial charge in [0.2, 0.25) is 0 Å². The van der Waals surface area contributed by atoms with Crippen molar-refractivity contribution in [3.8, 4) is 0 Å². The third kappa shape index (κ3) is 8.46. The zero-order chi connectivity index (χ0) is 14.8. The van der Waals surface area contributed by atoms with Crippen molar-refractivity contribution >= 4 is 12.2 Å². The molecule has 0 rings (SSSR count). The highest BCUT2D eigenvalue weighted by atomic mass is 16.6. The Balaban J connectivity index is 4.45. The highest BCUT2D eigenvalue weighted by Crippen LogP contribution is 2.07. The Bertz CT molecular complexity index is 255. The second-order valence-corrected chi connectivity index (χ2v) is 5.08. The first kappa shape index (κ1) is 17.7. The maximum absolute atomic E-state index is 11.8. The molecule has 0 unspecified atom stereocenters. The lowest BCUT2D eigenvalue weighted by Gasteiger charge is -2.22. The van der Waals surface area contributed by atoms with E-state index in [1.165, 1.54) is 0 Å². The van der Waals surface area contributed by atoms with Gasteiger partial charge in [-0.15, -0.1) is 0 Å². The first-order valence-corrected chi connectivity index (χ1v) is 7.07. The Morgan fingerprint density at radius 3 is 1.74 bits per heavy atom. The molecule has 0 saturated carbocycles. The van der Waals surface area contributed by atoms with Crippen LogP contribution < -0.4 is 0 Å². The third-order valence-electron chi connectivity index (χ3n) is 2.35. The van der Waals surface area contributed by atoms with E-state index >= 15 is 0 Å². The van der Waals surface area contributed by atoms with E-state index in [0.29, 0.717) is 6.54 Å². The molecule has 0 radical (unpaired) electrons. The molecule has 0 aromatic heterocycles. The van der Waals surface area contributed by atoms with E-state index in [4.69, 9.17) is 9.47 Å². The molecule has 0 saturated heterocycles. The number of unbranched alkanes of at least 4 members (excludes halogenated alkanes) is 3. The van der Waals surface area contributed by atoms with Crippen molar-refractivity contribution in [2.24, 2.45) is 0 Å². The zero-order valence-corrected chi connectivity index (χ0v) is 12.8. The molecule has 0 fully saturated rings. The van der Waals surface area contributed by atoms with Crippen LogP contribution in [0.3, 0.4) is 0 Å². The highest BCUT2D eigenvalue weighted by molar-refractivity contribution is 5.87. The van der Waals surface area contributed by atoms with E-state index in [0.717, 1.165) is 30.6 Å². The molecule has 0 spiro atoms. The number of hydrogen-bond acceptors (Lipinski definition) is 4. The predicted molar refractivity (Wildman–Crippen MR) is 74.1 cm³/mol. The number of nitrogens with zero attached hydrogens (tertiary/aromatic N) is 1. The van der Waals surface area contributed by atoms with Gasteiger partial charge in [0.1, 0.15) is 0 Å². The average molecular weight is 273 g/mol. The predicted octanol–water partition coefficient (Wildman–Crippen LogP) is 3.96. The molecular weight excluding hydrogens is 246 g/mol. The lowest BCUT2D eigenvalue weighted by atomic mass is 10.2. The fourth-order valence-corrected chi connectivity index (χ4v) is 1.48. The Morgan fingerprint density at radius 2 is 1.37 bits per heavy atom. The van der Waals surface area contributed by atoms with Gasteiger partial charge in [0.15, 0.2) is 0 Å². The van der Waals surface area contributed by atoms with Crippen molar-refractivity contribution in [2.45, 2.75) is 72.5 Å². The molecule has 0 atom stereocenters. The van der Waals surface area contributed by atoms with E-state index in [1.807, 2.05) is 0 Å². The van der Waals surface area contributed by atoms with Gasteiger partial charge in [0, 0.05) is 6.54 Å². The molecule has 19 heavy (non-hydrogen) atoms. The first-order chi connectivity index (χ1) is 8.88. The number of imide groups is 1. The van der Waals surface area contributed by atoms with Crippen molar-refractivity contribution in [3.05, 3.63) is 0 Å². The monoisotopic (exact) mass is 273 g/mol. The van der Waals surface area contributed by atoms with Crippen molar-refractivity contribution in [1.82, 2.24) is 4.90 Å². The van der Waals surface area contributed by atoms with Gasteiger partial charge in [-0.25, -0.2) is 14.5 Å². The Hall–Kier alpha value is -1.26. The molecule has 112 valence electrons. The maximum atomic E-state index is 11.8. The van der Waals surface area contributed by atoms with Crippen LogP contribution in [0.1, 0.15) is 60.3 Å². The second kappa shape index (κ2) is 9.64. The Morgan fingerprint density at radius 1 is 0.895 bits per heavy atom. The van der Waals surface area contributed by atoms with Crippen molar-refractivity contribution in [1.29, 1.82) is 0 Å². The number of carbonyl (C=O) groups is 2. The Kier molecular flexibility index (Phi) is 9.00. The fraction of sp³-hybridized carbons (Fsp3) is 0.857. The minimum absolute atomic E-state index is 0.252. The normalized spacial score (nSPS) is 10.7. The minimum atomic E-state index is -0.628. The topological polar surface area (TPSA) is 55.8 Å². The first-order valence-electron chi connectivity index (χ1n) is 7.07. The summed E-state index contributed by atoms with van der Waals surface area (Å²) >= 11 is 0. The van der Waals surface area contributed by atoms with Crippen LogP contribution in [0.4, 0.5) is 9.59 Å². The van der Waals surface area contributed by atoms with Crippen LogP contribution in [0.25, 0.3) is 0 Å². The SMILES string of the molecule is CCCCCCN(C(=O)OC(C)C)C(=O)OC(C)C. The molecule has 5 heteroatoms. The molecule has 0 aromatic carbocycles. The molecule has 0 heterocycles. The summed E-state index contributed by atoms with van der Waals surface area (Å²) in [4.78, 5) is 24.7. The number of hydrogen-bond donors (Lipinski definition) is 0. The largest absolute Gasteiger partial charge is 0.446 e. The molecule has 0 aliphatic heterocycles. The molecule has 0 aliphatic rings. The summed E-state index contributed by atoms with van der Waals surface area (Å²) in [6, 6.07) is 0. The maximum Gasteiger partial charge on any atom is 0.419 e. The van der Waals surface area contributed by atoms with Crippen LogP contribution in [0.2, 0.25) is 0 Å². The van der Waals surface area contributed by atoms with Gasteiger partial charge in [0.25, 0.3) is 0 Å². The lowest BCUT2D eigenvalue weighted by Crippen LogP contribution is -2.40. The molecular formula is C14H27NO4. The van der Waals surface area contributed by atoms with E-state index < -0.39 is 12.2 Å². The summed E-state index contributed by atoms with van der Waals surface area (Å²) in [5.74, 6) is 0. The number of amides is 2. The van der Waals surface area contributed by atoms with Gasteiger partial charge in [-0.3, -0.25) is 0 Å². The fourth-order valence-electron chi connectivity index (χ4n) is 1.48. The molecule has 0 aromatic rings. The molecule has 5 nitrogen and oxygen atoms in total. The van der Waals surface area contributed by atoms with Gasteiger partial charge in [-0.2, -0.15) is 0 Å². The smallest absolute Gasteiger partial charge is 0.419 e. The summed E-state index contributed by atoms with van der Waals surface area (Å²) in [6.07, 6.45) is 2.19. The summed E-state index contributed by atoms with van der Waals surface area (Å²) in [5, 5.41) is 0. The van der Waals surface area contributed by atoms with E-state index in [-0.39, 0.29) is 12.2 Å². The van der Waals surface area contributed by atoms with E-state index in [2.05, 4.69) is 6.92 Å². The summed E-state index contributed by atoms with van der Waals surface area (Å²) in [6.45, 7) is 9.46. The van der Waals surface area contributed by atoms with Crippen molar-refractivity contribution in [3.63, 3.8) is 0 Å². The van der Waals surface area contributed by atoms with Gasteiger partial charge in [-0.1, -0.05) is 26.2 Å². The average Bonchev–Trinajstić information content (AvgIpc) is 2.26. The molecule has 0 bridgehead atoms. The van der Waals surface area contributed by atoms with E-state index in [9.17, 15) is 9.59 Å². The molecule has 0 aliphatic carbocycles. The van der Waals surface area contributed by atoms with Gasteiger partial charge in [0.05, 0.1) is 12.2 Å².